The molecule has 0 atom stereocenters. The quantitative estimate of drug-likeness (QED) is 0.703. The standard InChI is InChI=1S/C23H24N4O/c1-16-9-11-18(12-10-16)23(28)27-14-13-19-20(15-27)24-21(25-22(19)26(2)3)17-7-5-4-6-8-17/h4-12H,13-15H2,1-3H3. The number of amides is 1. The van der Waals surface area contributed by atoms with Gasteiger partial charge in [-0.1, -0.05) is 48.0 Å². The Labute approximate surface area is 165 Å². The largest absolute Gasteiger partial charge is 0.362 e. The third-order valence-corrected chi connectivity index (χ3v) is 5.08. The third kappa shape index (κ3) is 3.48. The first kappa shape index (κ1) is 18.2. The van der Waals surface area contributed by atoms with Crippen LogP contribution < -0.4 is 4.90 Å². The molecule has 0 spiro atoms. The molecule has 142 valence electrons. The highest BCUT2D eigenvalue weighted by molar-refractivity contribution is 5.94. The summed E-state index contributed by atoms with van der Waals surface area (Å²) in [5.41, 5.74) is 4.92. The molecule has 0 unspecified atom stereocenters. The topological polar surface area (TPSA) is 49.3 Å². The van der Waals surface area contributed by atoms with Gasteiger partial charge in [-0.15, -0.1) is 0 Å². The van der Waals surface area contributed by atoms with Crippen LogP contribution in [0, 0.1) is 6.92 Å². The maximum atomic E-state index is 13.0. The van der Waals surface area contributed by atoms with Crippen LogP contribution in [0.2, 0.25) is 0 Å². The van der Waals surface area contributed by atoms with E-state index in [-0.39, 0.29) is 5.91 Å². The van der Waals surface area contributed by atoms with Gasteiger partial charge >= 0.3 is 0 Å². The fourth-order valence-electron chi connectivity index (χ4n) is 3.55. The molecule has 0 radical (unpaired) electrons. The van der Waals surface area contributed by atoms with Gasteiger partial charge in [-0.2, -0.15) is 0 Å². The smallest absolute Gasteiger partial charge is 0.254 e. The van der Waals surface area contributed by atoms with Gasteiger partial charge < -0.3 is 9.80 Å². The normalized spacial score (nSPS) is 13.2. The minimum absolute atomic E-state index is 0.0527. The number of hydrogen-bond donors (Lipinski definition) is 0. The van der Waals surface area contributed by atoms with Gasteiger partial charge in [0.2, 0.25) is 0 Å². The molecule has 0 aliphatic carbocycles. The van der Waals surface area contributed by atoms with Crippen LogP contribution in [0.4, 0.5) is 5.82 Å². The van der Waals surface area contributed by atoms with E-state index in [9.17, 15) is 4.79 Å². The van der Waals surface area contributed by atoms with E-state index >= 15 is 0 Å². The van der Waals surface area contributed by atoms with Crippen LogP contribution in [-0.4, -0.2) is 41.4 Å². The van der Waals surface area contributed by atoms with Crippen LogP contribution in [0.15, 0.2) is 54.6 Å². The van der Waals surface area contributed by atoms with Crippen molar-refractivity contribution in [3.8, 4) is 11.4 Å². The number of aromatic nitrogens is 2. The predicted octanol–water partition coefficient (Wildman–Crippen LogP) is 3.72. The van der Waals surface area contributed by atoms with Gasteiger partial charge in [-0.3, -0.25) is 4.79 Å². The van der Waals surface area contributed by atoms with Crippen molar-refractivity contribution < 1.29 is 4.79 Å². The van der Waals surface area contributed by atoms with Gasteiger partial charge in [0, 0.05) is 37.3 Å². The van der Waals surface area contributed by atoms with E-state index in [1.165, 1.54) is 0 Å². The lowest BCUT2D eigenvalue weighted by Crippen LogP contribution is -2.37. The van der Waals surface area contributed by atoms with E-state index in [0.29, 0.717) is 18.9 Å². The molecule has 0 saturated heterocycles. The van der Waals surface area contributed by atoms with Crippen LogP contribution in [-0.2, 0) is 13.0 Å². The molecule has 5 heteroatoms. The molecule has 1 aliphatic heterocycles. The Morgan fingerprint density at radius 1 is 1.00 bits per heavy atom. The predicted molar refractivity (Wildman–Crippen MR) is 111 cm³/mol. The van der Waals surface area contributed by atoms with Crippen molar-refractivity contribution in [2.45, 2.75) is 19.9 Å². The Hall–Kier alpha value is -3.21. The molecule has 1 aromatic heterocycles. The zero-order valence-corrected chi connectivity index (χ0v) is 16.5. The third-order valence-electron chi connectivity index (χ3n) is 5.08. The zero-order chi connectivity index (χ0) is 19.7. The molecule has 2 heterocycles. The lowest BCUT2D eigenvalue weighted by Gasteiger charge is -2.30. The average molecular weight is 372 g/mol. The molecular weight excluding hydrogens is 348 g/mol. The number of aryl methyl sites for hydroxylation is 1. The van der Waals surface area contributed by atoms with Crippen LogP contribution in [0.1, 0.15) is 27.2 Å². The Morgan fingerprint density at radius 3 is 2.39 bits per heavy atom. The number of carbonyl (C=O) groups is 1. The lowest BCUT2D eigenvalue weighted by atomic mass is 10.0. The Balaban J connectivity index is 1.69. The van der Waals surface area contributed by atoms with Gasteiger partial charge in [0.15, 0.2) is 5.82 Å². The summed E-state index contributed by atoms with van der Waals surface area (Å²) in [6, 6.07) is 17.7. The average Bonchev–Trinajstić information content (AvgIpc) is 2.73. The Bertz CT molecular complexity index is 997. The zero-order valence-electron chi connectivity index (χ0n) is 16.5. The fraction of sp³-hybridized carbons (Fsp3) is 0.261. The number of nitrogens with zero attached hydrogens (tertiary/aromatic N) is 4. The van der Waals surface area contributed by atoms with Crippen LogP contribution >= 0.6 is 0 Å². The van der Waals surface area contributed by atoms with Crippen molar-refractivity contribution in [3.05, 3.63) is 77.0 Å². The van der Waals surface area contributed by atoms with Crippen LogP contribution in [0.3, 0.4) is 0 Å². The molecule has 0 saturated carbocycles. The maximum absolute atomic E-state index is 13.0. The summed E-state index contributed by atoms with van der Waals surface area (Å²) in [4.78, 5) is 26.5. The molecule has 4 rings (SSSR count). The molecular formula is C23H24N4O. The number of carbonyl (C=O) groups excluding carboxylic acids is 1. The van der Waals surface area contributed by atoms with E-state index < -0.39 is 0 Å². The summed E-state index contributed by atoms with van der Waals surface area (Å²) in [6.45, 7) is 3.20. The fourth-order valence-corrected chi connectivity index (χ4v) is 3.55. The molecule has 5 nitrogen and oxygen atoms in total. The number of anilines is 1. The Kier molecular flexibility index (Phi) is 4.82. The molecule has 0 N–H and O–H groups in total. The molecule has 3 aromatic rings. The van der Waals surface area contributed by atoms with E-state index in [0.717, 1.165) is 40.2 Å². The van der Waals surface area contributed by atoms with Crippen LogP contribution in [0.5, 0.6) is 0 Å². The first-order chi connectivity index (χ1) is 13.5. The SMILES string of the molecule is Cc1ccc(C(=O)N2CCc3c(nc(-c4ccccc4)nc3N(C)C)C2)cc1. The van der Waals surface area contributed by atoms with Gasteiger partial charge in [0.1, 0.15) is 5.82 Å². The maximum Gasteiger partial charge on any atom is 0.254 e. The van der Waals surface area contributed by atoms with E-state index in [1.54, 1.807) is 0 Å². The van der Waals surface area contributed by atoms with Crippen molar-refractivity contribution in [2.75, 3.05) is 25.5 Å². The van der Waals surface area contributed by atoms with E-state index in [2.05, 4.69) is 0 Å². The summed E-state index contributed by atoms with van der Waals surface area (Å²) in [5.74, 6) is 1.69. The highest BCUT2D eigenvalue weighted by Gasteiger charge is 2.26. The molecule has 1 amide bonds. The molecule has 0 bridgehead atoms. The summed E-state index contributed by atoms with van der Waals surface area (Å²) in [6.07, 6.45) is 0.759. The summed E-state index contributed by atoms with van der Waals surface area (Å²) in [5, 5.41) is 0. The number of fused-ring (bicyclic) bond motifs is 1. The van der Waals surface area contributed by atoms with E-state index in [4.69, 9.17) is 9.97 Å². The first-order valence-electron chi connectivity index (χ1n) is 9.51. The van der Waals surface area contributed by atoms with Crippen molar-refractivity contribution in [3.63, 3.8) is 0 Å². The van der Waals surface area contributed by atoms with Crippen LogP contribution in [0.25, 0.3) is 11.4 Å². The molecule has 28 heavy (non-hydrogen) atoms. The van der Waals surface area contributed by atoms with Crippen molar-refractivity contribution >= 4 is 11.7 Å². The van der Waals surface area contributed by atoms with Crippen molar-refractivity contribution in [1.29, 1.82) is 0 Å². The second kappa shape index (κ2) is 7.43. The summed E-state index contributed by atoms with van der Waals surface area (Å²) >= 11 is 0. The first-order valence-corrected chi connectivity index (χ1v) is 9.51. The highest BCUT2D eigenvalue weighted by atomic mass is 16.2. The molecule has 0 fully saturated rings. The van der Waals surface area contributed by atoms with Crippen molar-refractivity contribution in [2.24, 2.45) is 0 Å². The lowest BCUT2D eigenvalue weighted by molar-refractivity contribution is 0.0732. The van der Waals surface area contributed by atoms with Gasteiger partial charge in [-0.05, 0) is 25.5 Å². The van der Waals surface area contributed by atoms with Crippen molar-refractivity contribution in [1.82, 2.24) is 14.9 Å². The number of rotatable bonds is 3. The highest BCUT2D eigenvalue weighted by Crippen LogP contribution is 2.29. The number of hydrogen-bond acceptors (Lipinski definition) is 4. The van der Waals surface area contributed by atoms with Gasteiger partial charge in [-0.25, -0.2) is 9.97 Å². The number of benzene rings is 2. The summed E-state index contributed by atoms with van der Waals surface area (Å²) in [7, 11) is 4.00. The summed E-state index contributed by atoms with van der Waals surface area (Å²) < 4.78 is 0. The molecule has 1 aliphatic rings. The van der Waals surface area contributed by atoms with E-state index in [1.807, 2.05) is 85.4 Å². The second-order valence-corrected chi connectivity index (χ2v) is 7.40. The van der Waals surface area contributed by atoms with Gasteiger partial charge in [0.25, 0.3) is 5.91 Å². The monoisotopic (exact) mass is 372 g/mol. The Morgan fingerprint density at radius 2 is 1.71 bits per heavy atom. The van der Waals surface area contributed by atoms with Gasteiger partial charge in [0.05, 0.1) is 12.2 Å². The second-order valence-electron chi connectivity index (χ2n) is 7.40. The molecule has 2 aromatic carbocycles. The minimum atomic E-state index is 0.0527. The minimum Gasteiger partial charge on any atom is -0.362 e.